The molecule has 0 fully saturated rings. The summed E-state index contributed by atoms with van der Waals surface area (Å²) in [5.74, 6) is -0.744. The van der Waals surface area contributed by atoms with Crippen LogP contribution in [0.1, 0.15) is 54.7 Å². The zero-order valence-corrected chi connectivity index (χ0v) is 13.5. The van der Waals surface area contributed by atoms with Crippen LogP contribution in [-0.4, -0.2) is 16.1 Å². The van der Waals surface area contributed by atoms with Crippen LogP contribution in [0, 0.1) is 0 Å². The zero-order valence-electron chi connectivity index (χ0n) is 12.0. The molecule has 1 aliphatic carbocycles. The zero-order chi connectivity index (χ0) is 15.5. The first kappa shape index (κ1) is 14.6. The number of carbonyl (C=O) groups is 1. The lowest BCUT2D eigenvalue weighted by molar-refractivity contribution is 0.0696. The van der Waals surface area contributed by atoms with E-state index in [1.54, 1.807) is 12.1 Å². The Kier molecular flexibility index (Phi) is 3.19. The van der Waals surface area contributed by atoms with Gasteiger partial charge in [0.15, 0.2) is 0 Å². The molecular formula is C16H15Cl2NO2. The van der Waals surface area contributed by atoms with Crippen LogP contribution in [0.4, 0.5) is 0 Å². The van der Waals surface area contributed by atoms with Crippen molar-refractivity contribution < 1.29 is 9.90 Å². The topological polar surface area (TPSA) is 50.2 Å². The molecule has 0 amide bonds. The van der Waals surface area contributed by atoms with Crippen molar-refractivity contribution in [2.24, 2.45) is 0 Å². The Balaban J connectivity index is 2.53. The number of nitrogens with zero attached hydrogens (tertiary/aromatic N) is 1. The molecule has 5 heteroatoms. The van der Waals surface area contributed by atoms with Crippen molar-refractivity contribution in [2.75, 3.05) is 0 Å². The lowest BCUT2D eigenvalue weighted by atomic mass is 9.83. The first-order valence-electron chi connectivity index (χ1n) is 6.79. The Morgan fingerprint density at radius 1 is 1.38 bits per heavy atom. The van der Waals surface area contributed by atoms with E-state index in [9.17, 15) is 9.90 Å². The van der Waals surface area contributed by atoms with Gasteiger partial charge in [0.1, 0.15) is 0 Å². The van der Waals surface area contributed by atoms with Crippen molar-refractivity contribution in [2.45, 2.75) is 38.5 Å². The second-order valence-electron chi connectivity index (χ2n) is 6.30. The van der Waals surface area contributed by atoms with E-state index in [1.165, 1.54) is 0 Å². The second kappa shape index (κ2) is 4.59. The van der Waals surface area contributed by atoms with Crippen molar-refractivity contribution in [3.05, 3.63) is 39.0 Å². The quantitative estimate of drug-likeness (QED) is 0.801. The largest absolute Gasteiger partial charge is 0.478 e. The summed E-state index contributed by atoms with van der Waals surface area (Å²) in [6.45, 7) is 6.19. The summed E-state index contributed by atoms with van der Waals surface area (Å²) in [5.41, 5.74) is 2.23. The van der Waals surface area contributed by atoms with E-state index in [-0.39, 0.29) is 11.3 Å². The van der Waals surface area contributed by atoms with Gasteiger partial charge in [-0.1, -0.05) is 50.0 Å². The number of aromatic nitrogens is 1. The number of pyridine rings is 1. The van der Waals surface area contributed by atoms with Gasteiger partial charge >= 0.3 is 5.97 Å². The lowest BCUT2D eigenvalue weighted by Gasteiger charge is -2.21. The summed E-state index contributed by atoms with van der Waals surface area (Å²) < 4.78 is 0. The molecule has 1 aliphatic rings. The summed E-state index contributed by atoms with van der Waals surface area (Å²) in [5, 5.41) is 11.0. The van der Waals surface area contributed by atoms with Crippen LogP contribution in [0.5, 0.6) is 0 Å². The smallest absolute Gasteiger partial charge is 0.336 e. The monoisotopic (exact) mass is 323 g/mol. The second-order valence-corrected chi connectivity index (χ2v) is 7.08. The first-order chi connectivity index (χ1) is 9.74. The minimum atomic E-state index is -0.945. The molecule has 3 nitrogen and oxygen atoms in total. The fraction of sp³-hybridized carbons (Fsp3) is 0.375. The van der Waals surface area contributed by atoms with E-state index >= 15 is 0 Å². The van der Waals surface area contributed by atoms with Crippen molar-refractivity contribution in [3.63, 3.8) is 0 Å². The molecule has 0 aliphatic heterocycles. The van der Waals surface area contributed by atoms with Gasteiger partial charge in [-0.25, -0.2) is 4.79 Å². The maximum absolute atomic E-state index is 11.9. The minimum Gasteiger partial charge on any atom is -0.478 e. The molecule has 1 heterocycles. The number of carboxylic acid groups (broad SMARTS) is 1. The van der Waals surface area contributed by atoms with E-state index in [4.69, 9.17) is 23.2 Å². The third-order valence-corrected chi connectivity index (χ3v) is 5.05. The molecule has 21 heavy (non-hydrogen) atoms. The fourth-order valence-electron chi connectivity index (χ4n) is 3.52. The van der Waals surface area contributed by atoms with E-state index in [0.717, 1.165) is 17.7 Å². The fourth-order valence-corrected chi connectivity index (χ4v) is 3.88. The van der Waals surface area contributed by atoms with Gasteiger partial charge in [0.2, 0.25) is 0 Å². The molecule has 1 aromatic heterocycles. The Hall–Kier alpha value is -1.32. The van der Waals surface area contributed by atoms with Crippen LogP contribution in [0.25, 0.3) is 10.9 Å². The Labute approximate surface area is 132 Å². The average molecular weight is 324 g/mol. The molecule has 110 valence electrons. The molecule has 2 aromatic rings. The number of fused-ring (bicyclic) bond motifs is 2. The van der Waals surface area contributed by atoms with Gasteiger partial charge in [0.05, 0.1) is 21.1 Å². The summed E-state index contributed by atoms with van der Waals surface area (Å²) in [4.78, 5) is 16.5. The highest BCUT2D eigenvalue weighted by Gasteiger charge is 2.40. The molecule has 1 atom stereocenters. The van der Waals surface area contributed by atoms with E-state index in [0.29, 0.717) is 26.5 Å². The van der Waals surface area contributed by atoms with Gasteiger partial charge in [0, 0.05) is 11.1 Å². The Bertz CT molecular complexity index is 784. The lowest BCUT2D eigenvalue weighted by Crippen LogP contribution is -2.18. The number of rotatable bonds is 1. The van der Waals surface area contributed by atoms with E-state index < -0.39 is 5.97 Å². The highest BCUT2D eigenvalue weighted by molar-refractivity contribution is 6.45. The van der Waals surface area contributed by atoms with E-state index in [1.807, 2.05) is 0 Å². The molecule has 0 bridgehead atoms. The molecular weight excluding hydrogens is 309 g/mol. The molecule has 1 aromatic carbocycles. The normalized spacial score (nSPS) is 19.8. The van der Waals surface area contributed by atoms with Crippen molar-refractivity contribution >= 4 is 40.1 Å². The highest BCUT2D eigenvalue weighted by Crippen LogP contribution is 2.48. The van der Waals surface area contributed by atoms with E-state index in [2.05, 4.69) is 25.8 Å². The van der Waals surface area contributed by atoms with Gasteiger partial charge in [-0.2, -0.15) is 0 Å². The highest BCUT2D eigenvalue weighted by atomic mass is 35.5. The predicted octanol–water partition coefficient (Wildman–Crippen LogP) is 5.02. The number of benzene rings is 1. The Morgan fingerprint density at radius 3 is 2.67 bits per heavy atom. The number of halogens is 2. The number of hydrogen-bond donors (Lipinski definition) is 1. The molecule has 1 unspecified atom stereocenters. The molecule has 3 rings (SSSR count). The van der Waals surface area contributed by atoms with Crippen LogP contribution < -0.4 is 0 Å². The number of aromatic carboxylic acids is 1. The van der Waals surface area contributed by atoms with Crippen molar-refractivity contribution in [3.8, 4) is 0 Å². The van der Waals surface area contributed by atoms with Crippen LogP contribution in [0.15, 0.2) is 12.1 Å². The van der Waals surface area contributed by atoms with Gasteiger partial charge < -0.3 is 5.11 Å². The van der Waals surface area contributed by atoms with Gasteiger partial charge in [-0.05, 0) is 29.4 Å². The molecule has 0 spiro atoms. The summed E-state index contributed by atoms with van der Waals surface area (Å²) >= 11 is 12.3. The predicted molar refractivity (Wildman–Crippen MR) is 84.8 cm³/mol. The summed E-state index contributed by atoms with van der Waals surface area (Å²) in [6.07, 6.45) is 0.872. The van der Waals surface area contributed by atoms with Gasteiger partial charge in [-0.15, -0.1) is 0 Å². The average Bonchev–Trinajstić information content (AvgIpc) is 2.62. The number of hydrogen-bond acceptors (Lipinski definition) is 2. The van der Waals surface area contributed by atoms with Crippen molar-refractivity contribution in [1.82, 2.24) is 4.98 Å². The molecule has 0 saturated heterocycles. The minimum absolute atomic E-state index is 0.201. The van der Waals surface area contributed by atoms with Gasteiger partial charge in [-0.3, -0.25) is 4.98 Å². The number of carboxylic acids is 1. The van der Waals surface area contributed by atoms with Gasteiger partial charge in [0.25, 0.3) is 0 Å². The third kappa shape index (κ3) is 2.02. The summed E-state index contributed by atoms with van der Waals surface area (Å²) in [6, 6.07) is 3.32. The van der Waals surface area contributed by atoms with Crippen LogP contribution in [0.3, 0.4) is 0 Å². The standard InChI is InChI=1S/C16H15Cl2NO2/c1-7-6-16(2,3)11-10(15(20)21)8-4-5-9(17)12(18)14(8)19-13(7)11/h4-5,7H,6H2,1-3H3,(H,20,21). The third-order valence-electron chi connectivity index (χ3n) is 4.25. The van der Waals surface area contributed by atoms with Crippen LogP contribution in [0.2, 0.25) is 10.0 Å². The summed E-state index contributed by atoms with van der Waals surface area (Å²) in [7, 11) is 0. The molecule has 1 N–H and O–H groups in total. The first-order valence-corrected chi connectivity index (χ1v) is 7.55. The maximum Gasteiger partial charge on any atom is 0.336 e. The maximum atomic E-state index is 11.9. The molecule has 0 saturated carbocycles. The van der Waals surface area contributed by atoms with Crippen LogP contribution in [-0.2, 0) is 5.41 Å². The van der Waals surface area contributed by atoms with Crippen molar-refractivity contribution in [1.29, 1.82) is 0 Å². The SMILES string of the molecule is CC1CC(C)(C)c2c1nc1c(Cl)c(Cl)ccc1c2C(=O)O. The molecule has 0 radical (unpaired) electrons. The Morgan fingerprint density at radius 2 is 2.05 bits per heavy atom. The van der Waals surface area contributed by atoms with Crippen LogP contribution >= 0.6 is 23.2 Å².